The van der Waals surface area contributed by atoms with Crippen LogP contribution in [0.2, 0.25) is 0 Å². The van der Waals surface area contributed by atoms with Crippen LogP contribution in [-0.4, -0.2) is 29.9 Å². The van der Waals surface area contributed by atoms with E-state index in [4.69, 9.17) is 9.47 Å². The number of thioether (sulfide) groups is 1. The second-order valence-corrected chi connectivity index (χ2v) is 3.82. The third-order valence-electron chi connectivity index (χ3n) is 1.61. The molecule has 78 valence electrons. The Kier molecular flexibility index (Phi) is 4.00. The Morgan fingerprint density at radius 1 is 1.29 bits per heavy atom. The predicted molar refractivity (Wildman–Crippen MR) is 52.7 cm³/mol. The van der Waals surface area contributed by atoms with Gasteiger partial charge in [0.15, 0.2) is 12.2 Å². The molecule has 0 fully saturated rings. The normalized spacial score (nSPS) is 25.6. The van der Waals surface area contributed by atoms with Crippen molar-refractivity contribution in [1.29, 1.82) is 0 Å². The van der Waals surface area contributed by atoms with Crippen molar-refractivity contribution in [2.75, 3.05) is 5.75 Å². The molecule has 0 aromatic rings. The Morgan fingerprint density at radius 3 is 2.50 bits per heavy atom. The highest BCUT2D eigenvalue weighted by Gasteiger charge is 2.27. The molecule has 0 saturated heterocycles. The largest absolute Gasteiger partial charge is 0.457 e. The zero-order valence-corrected chi connectivity index (χ0v) is 8.87. The molecule has 0 bridgehead atoms. The van der Waals surface area contributed by atoms with Crippen LogP contribution in [0.5, 0.6) is 0 Å². The number of ether oxygens (including phenoxy) is 2. The van der Waals surface area contributed by atoms with E-state index < -0.39 is 6.10 Å². The van der Waals surface area contributed by atoms with Crippen LogP contribution in [0.4, 0.5) is 0 Å². The number of esters is 2. The lowest BCUT2D eigenvalue weighted by Gasteiger charge is -2.25. The molecule has 0 N–H and O–H groups in total. The van der Waals surface area contributed by atoms with Gasteiger partial charge in [-0.1, -0.05) is 0 Å². The van der Waals surface area contributed by atoms with Crippen molar-refractivity contribution in [3.63, 3.8) is 0 Å². The number of hydrogen-bond acceptors (Lipinski definition) is 5. The minimum atomic E-state index is -0.447. The molecule has 0 radical (unpaired) electrons. The molecule has 0 aromatic carbocycles. The zero-order valence-electron chi connectivity index (χ0n) is 8.06. The second-order valence-electron chi connectivity index (χ2n) is 2.88. The van der Waals surface area contributed by atoms with Crippen molar-refractivity contribution in [3.05, 3.63) is 11.5 Å². The Hall–Kier alpha value is -0.970. The number of hydrogen-bond donors (Lipinski definition) is 0. The molecule has 1 aliphatic heterocycles. The van der Waals surface area contributed by atoms with Gasteiger partial charge in [-0.3, -0.25) is 9.59 Å². The maximum absolute atomic E-state index is 10.7. The van der Waals surface area contributed by atoms with Crippen LogP contribution in [0.3, 0.4) is 0 Å². The van der Waals surface area contributed by atoms with Gasteiger partial charge in [-0.15, -0.1) is 11.8 Å². The molecule has 0 aromatic heterocycles. The van der Waals surface area contributed by atoms with Crippen LogP contribution >= 0.6 is 11.8 Å². The topological polar surface area (TPSA) is 52.6 Å². The van der Waals surface area contributed by atoms with E-state index in [-0.39, 0.29) is 18.0 Å². The Labute approximate surface area is 86.6 Å². The predicted octanol–water partition coefficient (Wildman–Crippen LogP) is 1.11. The highest BCUT2D eigenvalue weighted by atomic mass is 32.2. The van der Waals surface area contributed by atoms with Crippen molar-refractivity contribution in [3.8, 4) is 0 Å². The SMILES string of the molecule is CC(=O)O[C@@H]1C=CSC[C@H]1OC(C)=O. The molecule has 1 heterocycles. The van der Waals surface area contributed by atoms with Crippen LogP contribution in [0.15, 0.2) is 11.5 Å². The molecule has 0 saturated carbocycles. The summed E-state index contributed by atoms with van der Waals surface area (Å²) in [4.78, 5) is 21.5. The average Bonchev–Trinajstić information content (AvgIpc) is 2.06. The molecule has 0 aliphatic carbocycles. The fourth-order valence-electron chi connectivity index (χ4n) is 1.12. The van der Waals surface area contributed by atoms with E-state index in [1.807, 2.05) is 5.41 Å². The lowest BCUT2D eigenvalue weighted by atomic mass is 10.2. The summed E-state index contributed by atoms with van der Waals surface area (Å²) in [5.41, 5.74) is 0. The molecule has 0 unspecified atom stereocenters. The minimum Gasteiger partial charge on any atom is -0.457 e. The Bertz CT molecular complexity index is 262. The van der Waals surface area contributed by atoms with Crippen LogP contribution in [0, 0.1) is 0 Å². The maximum Gasteiger partial charge on any atom is 0.303 e. The van der Waals surface area contributed by atoms with E-state index in [0.717, 1.165) is 0 Å². The van der Waals surface area contributed by atoms with Gasteiger partial charge in [-0.2, -0.15) is 0 Å². The van der Waals surface area contributed by atoms with Crippen molar-refractivity contribution >= 4 is 23.7 Å². The maximum atomic E-state index is 10.7. The fourth-order valence-corrected chi connectivity index (χ4v) is 1.95. The van der Waals surface area contributed by atoms with Gasteiger partial charge in [0, 0.05) is 19.6 Å². The highest BCUT2D eigenvalue weighted by Crippen LogP contribution is 2.20. The smallest absolute Gasteiger partial charge is 0.303 e. The highest BCUT2D eigenvalue weighted by molar-refractivity contribution is 8.02. The summed E-state index contributed by atoms with van der Waals surface area (Å²) in [6.07, 6.45) is 0.910. The first-order chi connectivity index (χ1) is 6.59. The van der Waals surface area contributed by atoms with Gasteiger partial charge >= 0.3 is 11.9 Å². The van der Waals surface area contributed by atoms with E-state index in [9.17, 15) is 9.59 Å². The first kappa shape index (κ1) is 11.1. The Morgan fingerprint density at radius 2 is 1.93 bits per heavy atom. The summed E-state index contributed by atoms with van der Waals surface area (Å²) in [6.45, 7) is 2.67. The molecule has 14 heavy (non-hydrogen) atoms. The zero-order chi connectivity index (χ0) is 10.6. The van der Waals surface area contributed by atoms with E-state index in [2.05, 4.69) is 0 Å². The summed E-state index contributed by atoms with van der Waals surface area (Å²) in [5, 5.41) is 1.84. The van der Waals surface area contributed by atoms with E-state index in [1.165, 1.54) is 25.6 Å². The standard InChI is InChI=1S/C9H12O4S/c1-6(10)12-8-3-4-14-5-9(8)13-7(2)11/h3-4,8-9H,5H2,1-2H3/t8-,9-/m1/s1. The van der Waals surface area contributed by atoms with Gasteiger partial charge in [-0.05, 0) is 11.5 Å². The van der Waals surface area contributed by atoms with Gasteiger partial charge < -0.3 is 9.47 Å². The van der Waals surface area contributed by atoms with E-state index >= 15 is 0 Å². The van der Waals surface area contributed by atoms with Gasteiger partial charge in [-0.25, -0.2) is 0 Å². The molecule has 4 nitrogen and oxygen atoms in total. The summed E-state index contributed by atoms with van der Waals surface area (Å²) in [5.74, 6) is -0.111. The van der Waals surface area contributed by atoms with Gasteiger partial charge in [0.1, 0.15) is 0 Å². The first-order valence-electron chi connectivity index (χ1n) is 4.22. The molecular formula is C9H12O4S. The third-order valence-corrected chi connectivity index (χ3v) is 2.48. The van der Waals surface area contributed by atoms with Crippen LogP contribution in [0.1, 0.15) is 13.8 Å². The van der Waals surface area contributed by atoms with Crippen molar-refractivity contribution in [2.24, 2.45) is 0 Å². The second kappa shape index (κ2) is 5.05. The fraction of sp³-hybridized carbons (Fsp3) is 0.556. The molecule has 5 heteroatoms. The van der Waals surface area contributed by atoms with Crippen molar-refractivity contribution < 1.29 is 19.1 Å². The summed E-state index contributed by atoms with van der Waals surface area (Å²) >= 11 is 1.53. The quantitative estimate of drug-likeness (QED) is 0.647. The number of carbonyl (C=O) groups excluding carboxylic acids is 2. The van der Waals surface area contributed by atoms with Gasteiger partial charge in [0.25, 0.3) is 0 Å². The molecule has 1 aliphatic rings. The lowest BCUT2D eigenvalue weighted by molar-refractivity contribution is -0.160. The first-order valence-corrected chi connectivity index (χ1v) is 5.27. The monoisotopic (exact) mass is 216 g/mol. The average molecular weight is 216 g/mol. The van der Waals surface area contributed by atoms with Crippen LogP contribution < -0.4 is 0 Å². The lowest BCUT2D eigenvalue weighted by Crippen LogP contribution is -2.36. The van der Waals surface area contributed by atoms with Gasteiger partial charge in [0.2, 0.25) is 0 Å². The molecule has 1 rings (SSSR count). The van der Waals surface area contributed by atoms with Crippen LogP contribution in [0.25, 0.3) is 0 Å². The number of rotatable bonds is 2. The van der Waals surface area contributed by atoms with E-state index in [0.29, 0.717) is 5.75 Å². The van der Waals surface area contributed by atoms with Crippen molar-refractivity contribution in [2.45, 2.75) is 26.1 Å². The third kappa shape index (κ3) is 3.41. The Balaban J connectivity index is 2.57. The molecule has 2 atom stereocenters. The summed E-state index contributed by atoms with van der Waals surface area (Å²) in [6, 6.07) is 0. The molecule has 0 amide bonds. The molecular weight excluding hydrogens is 204 g/mol. The minimum absolute atomic E-state index is 0.358. The van der Waals surface area contributed by atoms with Crippen LogP contribution in [-0.2, 0) is 19.1 Å². The summed E-state index contributed by atoms with van der Waals surface area (Å²) in [7, 11) is 0. The van der Waals surface area contributed by atoms with Crippen molar-refractivity contribution in [1.82, 2.24) is 0 Å². The van der Waals surface area contributed by atoms with Gasteiger partial charge in [0.05, 0.1) is 0 Å². The number of carbonyl (C=O) groups is 2. The molecule has 0 spiro atoms. The summed E-state index contributed by atoms with van der Waals surface area (Å²) < 4.78 is 10.0. The van der Waals surface area contributed by atoms with E-state index in [1.54, 1.807) is 6.08 Å².